The van der Waals surface area contributed by atoms with Gasteiger partial charge in [0.2, 0.25) is 11.8 Å². The minimum Gasteiger partial charge on any atom is -0.362 e. The molecule has 2 saturated heterocycles. The maximum atomic E-state index is 13.0. The zero-order valence-corrected chi connectivity index (χ0v) is 18.6. The molecular weight excluding hydrogens is 420 g/mol. The first-order valence-corrected chi connectivity index (χ1v) is 12.4. The van der Waals surface area contributed by atoms with Gasteiger partial charge in [0.05, 0.1) is 17.1 Å². The molecule has 2 fully saturated rings. The van der Waals surface area contributed by atoms with E-state index < -0.39 is 21.5 Å². The number of benzene rings is 1. The molecule has 168 valence electrons. The van der Waals surface area contributed by atoms with E-state index in [1.165, 1.54) is 4.90 Å². The van der Waals surface area contributed by atoms with Crippen LogP contribution in [0.25, 0.3) is 0 Å². The van der Waals surface area contributed by atoms with E-state index in [2.05, 4.69) is 10.6 Å². The number of sulfone groups is 1. The van der Waals surface area contributed by atoms with Gasteiger partial charge in [0.15, 0.2) is 9.84 Å². The SMILES string of the molecule is C[C@H](C(=O)N(C)[C@H]1CCS(=O)(=O)C1)N1CC[C@@]2(CCC1=O)NC(=O)c1ccccc1N2. The van der Waals surface area contributed by atoms with Crippen molar-refractivity contribution >= 4 is 33.2 Å². The lowest BCUT2D eigenvalue weighted by molar-refractivity contribution is -0.145. The van der Waals surface area contributed by atoms with E-state index in [1.54, 1.807) is 31.0 Å². The van der Waals surface area contributed by atoms with Gasteiger partial charge in [0.25, 0.3) is 5.91 Å². The molecule has 0 unspecified atom stereocenters. The number of fused-ring (bicyclic) bond motifs is 1. The number of anilines is 1. The first kappa shape index (κ1) is 21.6. The molecule has 1 spiro atoms. The topological polar surface area (TPSA) is 116 Å². The van der Waals surface area contributed by atoms with Gasteiger partial charge < -0.3 is 20.4 Å². The predicted octanol–water partition coefficient (Wildman–Crippen LogP) is 0.585. The third-order valence-corrected chi connectivity index (χ3v) is 8.44. The first-order valence-electron chi connectivity index (χ1n) is 10.6. The van der Waals surface area contributed by atoms with Gasteiger partial charge in [-0.1, -0.05) is 12.1 Å². The highest BCUT2D eigenvalue weighted by atomic mass is 32.2. The standard InChI is InChI=1S/C21H28N4O5S/c1-14(20(28)24(2)15-8-12-31(29,30)13-15)25-11-10-21(9-7-18(25)26)22-17-6-4-3-5-16(17)19(27)23-21/h3-6,14-15,22H,7-13H2,1-2H3,(H,23,27)/t14-,15+,21-/m1/s1. The van der Waals surface area contributed by atoms with E-state index in [-0.39, 0.29) is 41.7 Å². The van der Waals surface area contributed by atoms with Gasteiger partial charge in [0, 0.05) is 38.2 Å². The lowest BCUT2D eigenvalue weighted by atomic mass is 9.95. The van der Waals surface area contributed by atoms with Crippen LogP contribution in [0.4, 0.5) is 5.69 Å². The third kappa shape index (κ3) is 4.13. The molecule has 0 bridgehead atoms. The molecule has 3 heterocycles. The Hall–Kier alpha value is -2.62. The van der Waals surface area contributed by atoms with Crippen LogP contribution in [0.2, 0.25) is 0 Å². The molecule has 9 nitrogen and oxygen atoms in total. The normalized spacial score (nSPS) is 28.3. The summed E-state index contributed by atoms with van der Waals surface area (Å²) in [5.74, 6) is -0.546. The number of nitrogens with one attached hydrogen (secondary N) is 2. The van der Waals surface area contributed by atoms with Crippen LogP contribution in [0.15, 0.2) is 24.3 Å². The zero-order valence-electron chi connectivity index (χ0n) is 17.8. The van der Waals surface area contributed by atoms with E-state index in [4.69, 9.17) is 0 Å². The van der Waals surface area contributed by atoms with Crippen LogP contribution in [0.5, 0.6) is 0 Å². The van der Waals surface area contributed by atoms with Crippen molar-refractivity contribution in [2.75, 3.05) is 30.4 Å². The van der Waals surface area contributed by atoms with Gasteiger partial charge in [-0.3, -0.25) is 14.4 Å². The number of hydrogen-bond donors (Lipinski definition) is 2. The van der Waals surface area contributed by atoms with E-state index in [0.29, 0.717) is 31.4 Å². The summed E-state index contributed by atoms with van der Waals surface area (Å²) in [5, 5.41) is 6.42. The largest absolute Gasteiger partial charge is 0.362 e. The molecule has 0 radical (unpaired) electrons. The molecule has 31 heavy (non-hydrogen) atoms. The summed E-state index contributed by atoms with van der Waals surface area (Å²) in [6.07, 6.45) is 1.48. The molecule has 1 aromatic rings. The van der Waals surface area contributed by atoms with Gasteiger partial charge in [-0.2, -0.15) is 0 Å². The van der Waals surface area contributed by atoms with Crippen molar-refractivity contribution in [3.63, 3.8) is 0 Å². The van der Waals surface area contributed by atoms with Gasteiger partial charge in [0.1, 0.15) is 11.7 Å². The molecule has 4 rings (SSSR count). The van der Waals surface area contributed by atoms with Crippen molar-refractivity contribution in [1.29, 1.82) is 0 Å². The molecule has 3 atom stereocenters. The summed E-state index contributed by atoms with van der Waals surface area (Å²) in [4.78, 5) is 41.5. The minimum absolute atomic E-state index is 0.0334. The maximum Gasteiger partial charge on any atom is 0.255 e. The number of likely N-dealkylation sites (tertiary alicyclic amines) is 1. The Labute approximate surface area is 182 Å². The Morgan fingerprint density at radius 3 is 2.68 bits per heavy atom. The quantitative estimate of drug-likeness (QED) is 0.699. The van der Waals surface area contributed by atoms with Crippen LogP contribution in [0.3, 0.4) is 0 Å². The molecule has 10 heteroatoms. The molecule has 2 N–H and O–H groups in total. The molecular formula is C21H28N4O5S. The number of rotatable bonds is 3. The average molecular weight is 449 g/mol. The van der Waals surface area contributed by atoms with Crippen LogP contribution in [0.1, 0.15) is 43.0 Å². The molecule has 0 aliphatic carbocycles. The second-order valence-electron chi connectivity index (χ2n) is 8.73. The predicted molar refractivity (Wildman–Crippen MR) is 115 cm³/mol. The number of carbonyl (C=O) groups is 3. The van der Waals surface area contributed by atoms with Crippen molar-refractivity contribution in [2.45, 2.75) is 50.4 Å². The Bertz CT molecular complexity index is 1030. The van der Waals surface area contributed by atoms with Crippen molar-refractivity contribution < 1.29 is 22.8 Å². The van der Waals surface area contributed by atoms with Gasteiger partial charge in [-0.25, -0.2) is 8.42 Å². The van der Waals surface area contributed by atoms with Gasteiger partial charge in [-0.05, 0) is 31.9 Å². The van der Waals surface area contributed by atoms with Gasteiger partial charge in [-0.15, -0.1) is 0 Å². The molecule has 0 aromatic heterocycles. The highest BCUT2D eigenvalue weighted by Gasteiger charge is 2.43. The Morgan fingerprint density at radius 1 is 1.23 bits per heavy atom. The summed E-state index contributed by atoms with van der Waals surface area (Å²) in [6.45, 7) is 1.98. The molecule has 0 saturated carbocycles. The average Bonchev–Trinajstić information content (AvgIpc) is 3.03. The highest BCUT2D eigenvalue weighted by molar-refractivity contribution is 7.91. The smallest absolute Gasteiger partial charge is 0.255 e. The number of carbonyl (C=O) groups excluding carboxylic acids is 3. The monoisotopic (exact) mass is 448 g/mol. The Balaban J connectivity index is 1.47. The van der Waals surface area contributed by atoms with E-state index >= 15 is 0 Å². The summed E-state index contributed by atoms with van der Waals surface area (Å²) < 4.78 is 23.6. The van der Waals surface area contributed by atoms with Crippen LogP contribution in [-0.2, 0) is 19.4 Å². The third-order valence-electron chi connectivity index (χ3n) is 6.69. The van der Waals surface area contributed by atoms with Crippen molar-refractivity contribution in [3.05, 3.63) is 29.8 Å². The zero-order chi connectivity index (χ0) is 22.4. The Morgan fingerprint density at radius 2 is 1.97 bits per heavy atom. The fraction of sp³-hybridized carbons (Fsp3) is 0.571. The fourth-order valence-electron chi connectivity index (χ4n) is 4.74. The van der Waals surface area contributed by atoms with Crippen molar-refractivity contribution in [2.24, 2.45) is 0 Å². The molecule has 3 amide bonds. The number of para-hydroxylation sites is 1. The number of likely N-dealkylation sites (N-methyl/N-ethyl adjacent to an activating group) is 1. The van der Waals surface area contributed by atoms with E-state index in [0.717, 1.165) is 5.69 Å². The second-order valence-corrected chi connectivity index (χ2v) is 11.0. The van der Waals surface area contributed by atoms with Crippen LogP contribution < -0.4 is 10.6 Å². The highest BCUT2D eigenvalue weighted by Crippen LogP contribution is 2.32. The summed E-state index contributed by atoms with van der Waals surface area (Å²) in [6, 6.07) is 6.18. The van der Waals surface area contributed by atoms with Gasteiger partial charge >= 0.3 is 0 Å². The summed E-state index contributed by atoms with van der Waals surface area (Å²) in [5.41, 5.74) is 0.556. The lowest BCUT2D eigenvalue weighted by Crippen LogP contribution is -2.58. The van der Waals surface area contributed by atoms with Crippen LogP contribution >= 0.6 is 0 Å². The fourth-order valence-corrected chi connectivity index (χ4v) is 6.51. The summed E-state index contributed by atoms with van der Waals surface area (Å²) in [7, 11) is -1.51. The summed E-state index contributed by atoms with van der Waals surface area (Å²) >= 11 is 0. The molecule has 3 aliphatic rings. The van der Waals surface area contributed by atoms with Crippen molar-refractivity contribution in [3.8, 4) is 0 Å². The number of hydrogen-bond acceptors (Lipinski definition) is 6. The maximum absolute atomic E-state index is 13.0. The first-order chi connectivity index (χ1) is 14.6. The second kappa shape index (κ2) is 7.81. The molecule has 3 aliphatic heterocycles. The van der Waals surface area contributed by atoms with Crippen LogP contribution in [0, 0.1) is 0 Å². The van der Waals surface area contributed by atoms with E-state index in [1.807, 2.05) is 12.1 Å². The van der Waals surface area contributed by atoms with Crippen LogP contribution in [-0.4, -0.2) is 78.8 Å². The van der Waals surface area contributed by atoms with Crippen molar-refractivity contribution in [1.82, 2.24) is 15.1 Å². The number of nitrogens with zero attached hydrogens (tertiary/aromatic N) is 2. The molecule has 1 aromatic carbocycles. The lowest BCUT2D eigenvalue weighted by Gasteiger charge is -2.40. The minimum atomic E-state index is -3.11. The number of amides is 3. The Kier molecular flexibility index (Phi) is 5.45. The van der Waals surface area contributed by atoms with E-state index in [9.17, 15) is 22.8 Å².